The summed E-state index contributed by atoms with van der Waals surface area (Å²) < 4.78 is 5.82. The molecule has 0 spiro atoms. The first-order valence-electron chi connectivity index (χ1n) is 7.53. The quantitative estimate of drug-likeness (QED) is 0.804. The number of nitrogens with one attached hydrogen (secondary N) is 1. The Hall–Kier alpha value is -2.33. The lowest BCUT2D eigenvalue weighted by Crippen LogP contribution is -2.44. The molecule has 1 aliphatic rings. The number of hydrogen-bond acceptors (Lipinski definition) is 3. The summed E-state index contributed by atoms with van der Waals surface area (Å²) in [5.74, 6) is 0.740. The van der Waals surface area contributed by atoms with E-state index in [-0.39, 0.29) is 5.91 Å². The summed E-state index contributed by atoms with van der Waals surface area (Å²) in [6, 6.07) is 18.0. The minimum atomic E-state index is -0.623. The number of para-hydroxylation sites is 1. The SMILES string of the molecule is NC1(C(=O)NCCOc2ccccc2-c2ccccc2)CC1. The summed E-state index contributed by atoms with van der Waals surface area (Å²) in [7, 11) is 0. The van der Waals surface area contributed by atoms with Gasteiger partial charge in [0.2, 0.25) is 5.91 Å². The maximum atomic E-state index is 11.7. The molecule has 0 atom stereocenters. The molecule has 0 heterocycles. The lowest BCUT2D eigenvalue weighted by atomic mass is 10.1. The Morgan fingerprint density at radius 2 is 1.77 bits per heavy atom. The van der Waals surface area contributed by atoms with Crippen molar-refractivity contribution in [2.24, 2.45) is 5.73 Å². The average molecular weight is 296 g/mol. The van der Waals surface area contributed by atoms with E-state index < -0.39 is 5.54 Å². The van der Waals surface area contributed by atoms with Gasteiger partial charge in [0, 0.05) is 5.56 Å². The second-order valence-corrected chi connectivity index (χ2v) is 5.62. The first-order valence-corrected chi connectivity index (χ1v) is 7.53. The van der Waals surface area contributed by atoms with Crippen molar-refractivity contribution in [3.63, 3.8) is 0 Å². The van der Waals surface area contributed by atoms with E-state index in [1.807, 2.05) is 42.5 Å². The van der Waals surface area contributed by atoms with Gasteiger partial charge in [-0.2, -0.15) is 0 Å². The van der Waals surface area contributed by atoms with Gasteiger partial charge in [0.15, 0.2) is 0 Å². The van der Waals surface area contributed by atoms with Crippen molar-refractivity contribution in [2.75, 3.05) is 13.2 Å². The van der Waals surface area contributed by atoms with Crippen molar-refractivity contribution in [1.29, 1.82) is 0 Å². The lowest BCUT2D eigenvalue weighted by molar-refractivity contribution is -0.123. The summed E-state index contributed by atoms with van der Waals surface area (Å²) in [5.41, 5.74) is 7.37. The fourth-order valence-electron chi connectivity index (χ4n) is 2.31. The number of nitrogens with two attached hydrogens (primary N) is 1. The largest absolute Gasteiger partial charge is 0.491 e. The Kier molecular flexibility index (Phi) is 4.11. The standard InChI is InChI=1S/C18H20N2O2/c19-18(10-11-18)17(21)20-12-13-22-16-9-5-4-8-15(16)14-6-2-1-3-7-14/h1-9H,10-13,19H2,(H,20,21). The van der Waals surface area contributed by atoms with Gasteiger partial charge in [-0.1, -0.05) is 48.5 Å². The second kappa shape index (κ2) is 6.20. The normalized spacial score (nSPS) is 15.1. The molecule has 2 aromatic rings. The van der Waals surface area contributed by atoms with Crippen LogP contribution in [0.3, 0.4) is 0 Å². The zero-order valence-corrected chi connectivity index (χ0v) is 12.4. The Bertz CT molecular complexity index is 651. The molecule has 4 nitrogen and oxygen atoms in total. The van der Waals surface area contributed by atoms with Crippen molar-refractivity contribution < 1.29 is 9.53 Å². The average Bonchev–Trinajstić information content (AvgIpc) is 3.32. The van der Waals surface area contributed by atoms with Crippen LogP contribution in [0, 0.1) is 0 Å². The third-order valence-electron chi connectivity index (χ3n) is 3.86. The molecule has 0 radical (unpaired) electrons. The van der Waals surface area contributed by atoms with Crippen LogP contribution < -0.4 is 15.8 Å². The van der Waals surface area contributed by atoms with E-state index in [2.05, 4.69) is 17.4 Å². The topological polar surface area (TPSA) is 64.4 Å². The molecule has 0 saturated heterocycles. The number of carbonyl (C=O) groups is 1. The van der Waals surface area contributed by atoms with Crippen LogP contribution in [0.2, 0.25) is 0 Å². The highest BCUT2D eigenvalue weighted by molar-refractivity contribution is 5.88. The predicted octanol–water partition coefficient (Wildman–Crippen LogP) is 2.34. The Balaban J connectivity index is 1.58. The smallest absolute Gasteiger partial charge is 0.240 e. The first-order chi connectivity index (χ1) is 10.7. The summed E-state index contributed by atoms with van der Waals surface area (Å²) in [6.45, 7) is 0.882. The third-order valence-corrected chi connectivity index (χ3v) is 3.86. The molecule has 3 N–H and O–H groups in total. The van der Waals surface area contributed by atoms with E-state index in [0.29, 0.717) is 13.2 Å². The van der Waals surface area contributed by atoms with Gasteiger partial charge in [0.25, 0.3) is 0 Å². The molecule has 1 fully saturated rings. The summed E-state index contributed by atoms with van der Waals surface area (Å²) in [6.07, 6.45) is 1.55. The van der Waals surface area contributed by atoms with Crippen LogP contribution in [0.4, 0.5) is 0 Å². The maximum Gasteiger partial charge on any atom is 0.240 e. The van der Waals surface area contributed by atoms with Crippen LogP contribution in [0.5, 0.6) is 5.75 Å². The van der Waals surface area contributed by atoms with E-state index in [1.165, 1.54) is 0 Å². The van der Waals surface area contributed by atoms with E-state index >= 15 is 0 Å². The van der Waals surface area contributed by atoms with Crippen LogP contribution >= 0.6 is 0 Å². The third kappa shape index (κ3) is 3.28. The highest BCUT2D eigenvalue weighted by Gasteiger charge is 2.45. The highest BCUT2D eigenvalue weighted by Crippen LogP contribution is 2.32. The molecule has 1 amide bonds. The van der Waals surface area contributed by atoms with Crippen molar-refractivity contribution >= 4 is 5.91 Å². The molecule has 4 heteroatoms. The van der Waals surface area contributed by atoms with Crippen LogP contribution in [0.25, 0.3) is 11.1 Å². The zero-order valence-electron chi connectivity index (χ0n) is 12.4. The summed E-state index contributed by atoms with van der Waals surface area (Å²) in [5, 5.41) is 2.83. The number of ether oxygens (including phenoxy) is 1. The fraction of sp³-hybridized carbons (Fsp3) is 0.278. The number of rotatable bonds is 6. The molecule has 1 aliphatic carbocycles. The van der Waals surface area contributed by atoms with Crippen molar-refractivity contribution in [3.8, 4) is 16.9 Å². The zero-order chi connectivity index (χ0) is 15.4. The fourth-order valence-corrected chi connectivity index (χ4v) is 2.31. The van der Waals surface area contributed by atoms with Gasteiger partial charge in [-0.25, -0.2) is 0 Å². The number of amides is 1. The Morgan fingerprint density at radius 3 is 2.50 bits per heavy atom. The monoisotopic (exact) mass is 296 g/mol. The number of benzene rings is 2. The van der Waals surface area contributed by atoms with Gasteiger partial charge in [-0.3, -0.25) is 4.79 Å². The molecule has 22 heavy (non-hydrogen) atoms. The molecule has 114 valence electrons. The molecular formula is C18H20N2O2. The van der Waals surface area contributed by atoms with Crippen LogP contribution in [0.15, 0.2) is 54.6 Å². The van der Waals surface area contributed by atoms with Crippen LogP contribution in [0.1, 0.15) is 12.8 Å². The van der Waals surface area contributed by atoms with Gasteiger partial charge >= 0.3 is 0 Å². The van der Waals surface area contributed by atoms with Gasteiger partial charge in [-0.15, -0.1) is 0 Å². The van der Waals surface area contributed by atoms with E-state index in [4.69, 9.17) is 10.5 Å². The maximum absolute atomic E-state index is 11.7. The first kappa shape index (κ1) is 14.6. The predicted molar refractivity (Wildman–Crippen MR) is 86.5 cm³/mol. The molecule has 0 aromatic heterocycles. The van der Waals surface area contributed by atoms with E-state index in [1.54, 1.807) is 0 Å². The second-order valence-electron chi connectivity index (χ2n) is 5.62. The summed E-state index contributed by atoms with van der Waals surface area (Å²) >= 11 is 0. The van der Waals surface area contributed by atoms with Gasteiger partial charge in [0.1, 0.15) is 12.4 Å². The van der Waals surface area contributed by atoms with Crippen molar-refractivity contribution in [2.45, 2.75) is 18.4 Å². The van der Waals surface area contributed by atoms with Crippen LogP contribution in [-0.2, 0) is 4.79 Å². The Morgan fingerprint density at radius 1 is 1.09 bits per heavy atom. The van der Waals surface area contributed by atoms with Gasteiger partial charge in [-0.05, 0) is 24.5 Å². The van der Waals surface area contributed by atoms with Crippen molar-refractivity contribution in [3.05, 3.63) is 54.6 Å². The molecule has 1 saturated carbocycles. The number of carbonyl (C=O) groups excluding carboxylic acids is 1. The molecule has 3 rings (SSSR count). The minimum absolute atomic E-state index is 0.0764. The molecule has 0 aliphatic heterocycles. The van der Waals surface area contributed by atoms with E-state index in [9.17, 15) is 4.79 Å². The molecule has 0 unspecified atom stereocenters. The number of hydrogen-bond donors (Lipinski definition) is 2. The van der Waals surface area contributed by atoms with Gasteiger partial charge in [0.05, 0.1) is 12.1 Å². The van der Waals surface area contributed by atoms with Gasteiger partial charge < -0.3 is 15.8 Å². The van der Waals surface area contributed by atoms with Crippen molar-refractivity contribution in [1.82, 2.24) is 5.32 Å². The highest BCUT2D eigenvalue weighted by atomic mass is 16.5. The minimum Gasteiger partial charge on any atom is -0.491 e. The van der Waals surface area contributed by atoms with Crippen LogP contribution in [-0.4, -0.2) is 24.6 Å². The molecule has 0 bridgehead atoms. The Labute approximate surface area is 130 Å². The van der Waals surface area contributed by atoms with E-state index in [0.717, 1.165) is 29.7 Å². The molecule has 2 aromatic carbocycles. The summed E-state index contributed by atoms with van der Waals surface area (Å²) in [4.78, 5) is 11.7. The molecular weight excluding hydrogens is 276 g/mol. The lowest BCUT2D eigenvalue weighted by Gasteiger charge is -2.13.